The Labute approximate surface area is 416 Å². The van der Waals surface area contributed by atoms with Crippen LogP contribution in [-0.2, 0) is 5.41 Å². The van der Waals surface area contributed by atoms with Gasteiger partial charge in [-0.05, 0) is 137 Å². The van der Waals surface area contributed by atoms with Gasteiger partial charge in [-0.1, -0.05) is 249 Å². The molecule has 0 aliphatic heterocycles. The van der Waals surface area contributed by atoms with Crippen molar-refractivity contribution in [1.29, 1.82) is 0 Å². The summed E-state index contributed by atoms with van der Waals surface area (Å²) in [6.45, 7) is 2.43. The summed E-state index contributed by atoms with van der Waals surface area (Å²) in [7, 11) is 0. The number of rotatable bonds is 9. The summed E-state index contributed by atoms with van der Waals surface area (Å²) < 4.78 is 0. The molecule has 1 nitrogen and oxygen atoms in total. The Bertz CT molecular complexity index is 3920. The topological polar surface area (TPSA) is 3.24 Å². The number of anilines is 3. The van der Waals surface area contributed by atoms with E-state index in [1.165, 1.54) is 93.9 Å². The van der Waals surface area contributed by atoms with Crippen LogP contribution < -0.4 is 4.90 Å². The molecule has 1 atom stereocenters. The van der Waals surface area contributed by atoms with E-state index in [0.717, 1.165) is 28.2 Å². The monoisotopic (exact) mass is 903 g/mol. The second kappa shape index (κ2) is 17.5. The molecular formula is C70H49N. The van der Waals surface area contributed by atoms with E-state index in [1.54, 1.807) is 0 Å². The van der Waals surface area contributed by atoms with Crippen molar-refractivity contribution in [2.24, 2.45) is 0 Å². The van der Waals surface area contributed by atoms with Crippen molar-refractivity contribution >= 4 is 38.6 Å². The first-order chi connectivity index (χ1) is 35.1. The zero-order chi connectivity index (χ0) is 47.3. The maximum Gasteiger partial charge on any atom is 0.0540 e. The fourth-order valence-electron chi connectivity index (χ4n) is 11.7. The summed E-state index contributed by atoms with van der Waals surface area (Å²) >= 11 is 0. The van der Waals surface area contributed by atoms with Gasteiger partial charge in [0.1, 0.15) is 0 Å². The van der Waals surface area contributed by atoms with Crippen molar-refractivity contribution in [2.75, 3.05) is 4.90 Å². The highest BCUT2D eigenvalue weighted by molar-refractivity contribution is 6.22. The van der Waals surface area contributed by atoms with Gasteiger partial charge in [-0.15, -0.1) is 0 Å². The van der Waals surface area contributed by atoms with E-state index in [0.29, 0.717) is 0 Å². The maximum absolute atomic E-state index is 2.56. The van der Waals surface area contributed by atoms with Crippen LogP contribution in [0.5, 0.6) is 0 Å². The van der Waals surface area contributed by atoms with E-state index < -0.39 is 5.41 Å². The zero-order valence-corrected chi connectivity index (χ0v) is 39.5. The van der Waals surface area contributed by atoms with Crippen LogP contribution in [0, 0.1) is 0 Å². The van der Waals surface area contributed by atoms with E-state index in [9.17, 15) is 0 Å². The lowest BCUT2D eigenvalue weighted by Gasteiger charge is -2.35. The van der Waals surface area contributed by atoms with E-state index in [-0.39, 0.29) is 0 Å². The Hall–Kier alpha value is -9.04. The number of hydrogen-bond donors (Lipinski definition) is 0. The highest BCUT2D eigenvalue weighted by Gasteiger charge is 2.43. The molecule has 13 rings (SSSR count). The first-order valence-corrected chi connectivity index (χ1v) is 24.7. The van der Waals surface area contributed by atoms with E-state index in [1.807, 2.05) is 0 Å². The molecule has 0 saturated heterocycles. The SMILES string of the molecule is CC1(c2ccccc2)c2ccccc2-c2cccc(N(c3ccc(-c4ccccc4)c(-c4ccccc4)c3)c3ccccc3-c3ccc4c(c3)c(-c3ccccc3)c(-c3ccccc3)c3ccccc34)c21. The molecule has 0 bridgehead atoms. The summed E-state index contributed by atoms with van der Waals surface area (Å²) in [4.78, 5) is 2.56. The first-order valence-electron chi connectivity index (χ1n) is 24.7. The molecule has 12 aromatic carbocycles. The Balaban J connectivity index is 1.11. The summed E-state index contributed by atoms with van der Waals surface area (Å²) in [5.41, 5.74) is 21.2. The normalized spacial score (nSPS) is 13.8. The molecule has 0 N–H and O–H groups in total. The van der Waals surface area contributed by atoms with Crippen molar-refractivity contribution < 1.29 is 0 Å². The van der Waals surface area contributed by atoms with Gasteiger partial charge in [0.15, 0.2) is 0 Å². The third-order valence-electron chi connectivity index (χ3n) is 14.9. The summed E-state index contributed by atoms with van der Waals surface area (Å²) in [6, 6.07) is 103. The van der Waals surface area contributed by atoms with Gasteiger partial charge in [-0.25, -0.2) is 0 Å². The average molecular weight is 904 g/mol. The largest absolute Gasteiger partial charge is 0.310 e. The molecule has 0 amide bonds. The summed E-state index contributed by atoms with van der Waals surface area (Å²) in [5.74, 6) is 0. The highest BCUT2D eigenvalue weighted by atomic mass is 15.1. The van der Waals surface area contributed by atoms with Crippen molar-refractivity contribution in [3.8, 4) is 66.8 Å². The van der Waals surface area contributed by atoms with E-state index in [2.05, 4.69) is 291 Å². The molecule has 71 heavy (non-hydrogen) atoms. The summed E-state index contributed by atoms with van der Waals surface area (Å²) in [6.07, 6.45) is 0. The van der Waals surface area contributed by atoms with Crippen LogP contribution in [0.25, 0.3) is 88.3 Å². The van der Waals surface area contributed by atoms with Gasteiger partial charge in [0.25, 0.3) is 0 Å². The van der Waals surface area contributed by atoms with E-state index >= 15 is 0 Å². The molecule has 0 spiro atoms. The molecule has 0 fully saturated rings. The minimum Gasteiger partial charge on any atom is -0.310 e. The van der Waals surface area contributed by atoms with Crippen molar-refractivity contribution in [1.82, 2.24) is 0 Å². The van der Waals surface area contributed by atoms with Crippen LogP contribution in [0.15, 0.2) is 279 Å². The predicted octanol–water partition coefficient (Wildman–Crippen LogP) is 19.1. The Morgan fingerprint density at radius 3 is 1.45 bits per heavy atom. The van der Waals surface area contributed by atoms with Gasteiger partial charge in [0.05, 0.1) is 11.4 Å². The lowest BCUT2D eigenvalue weighted by molar-refractivity contribution is 0.714. The van der Waals surface area contributed by atoms with Crippen LogP contribution >= 0.6 is 0 Å². The van der Waals surface area contributed by atoms with E-state index in [4.69, 9.17) is 0 Å². The van der Waals surface area contributed by atoms with Gasteiger partial charge < -0.3 is 4.90 Å². The Morgan fingerprint density at radius 2 is 0.775 bits per heavy atom. The lowest BCUT2D eigenvalue weighted by atomic mass is 9.73. The quantitative estimate of drug-likeness (QED) is 0.130. The molecule has 0 heterocycles. The molecule has 334 valence electrons. The van der Waals surface area contributed by atoms with Crippen LogP contribution in [0.3, 0.4) is 0 Å². The van der Waals surface area contributed by atoms with Crippen LogP contribution in [-0.4, -0.2) is 0 Å². The second-order valence-corrected chi connectivity index (χ2v) is 18.8. The third-order valence-corrected chi connectivity index (χ3v) is 14.9. The average Bonchev–Trinajstić information content (AvgIpc) is 3.73. The third kappa shape index (κ3) is 7.00. The zero-order valence-electron chi connectivity index (χ0n) is 39.5. The first kappa shape index (κ1) is 42.1. The van der Waals surface area contributed by atoms with Crippen LogP contribution in [0.4, 0.5) is 17.1 Å². The minimum absolute atomic E-state index is 0.453. The molecule has 1 heteroatoms. The minimum atomic E-state index is -0.453. The second-order valence-electron chi connectivity index (χ2n) is 18.8. The van der Waals surface area contributed by atoms with Gasteiger partial charge in [-0.3, -0.25) is 0 Å². The van der Waals surface area contributed by atoms with Gasteiger partial charge >= 0.3 is 0 Å². The van der Waals surface area contributed by atoms with Gasteiger partial charge in [-0.2, -0.15) is 0 Å². The molecule has 1 aliphatic rings. The predicted molar refractivity (Wildman–Crippen MR) is 301 cm³/mol. The molecule has 12 aromatic rings. The van der Waals surface area contributed by atoms with Crippen LogP contribution in [0.2, 0.25) is 0 Å². The highest BCUT2D eigenvalue weighted by Crippen LogP contribution is 2.58. The standard InChI is InChI=1S/C70H49N/c1-70(53-32-15-6-16-33-53)64-39-21-19-36-59(64)61-38-23-41-66(69(61)70)71(54-43-45-55(48-24-7-2-8-25-48)62(47-54)49-26-9-3-10-27-49)65-40-22-20-34-56(65)52-42-44-58-57-35-17-18-37-60(57)67(50-28-11-4-12-29-50)68(63(58)46-52)51-30-13-5-14-31-51/h2-47H,1H3. The summed E-state index contributed by atoms with van der Waals surface area (Å²) in [5, 5.41) is 4.95. The lowest BCUT2D eigenvalue weighted by Crippen LogP contribution is -2.25. The molecule has 0 saturated carbocycles. The van der Waals surface area contributed by atoms with Gasteiger partial charge in [0.2, 0.25) is 0 Å². The molecule has 0 aromatic heterocycles. The fourth-order valence-corrected chi connectivity index (χ4v) is 11.7. The molecule has 1 unspecified atom stereocenters. The van der Waals surface area contributed by atoms with Crippen molar-refractivity contribution in [2.45, 2.75) is 12.3 Å². The Morgan fingerprint density at radius 1 is 0.282 bits per heavy atom. The number of nitrogens with zero attached hydrogens (tertiary/aromatic N) is 1. The molecular weight excluding hydrogens is 855 g/mol. The van der Waals surface area contributed by atoms with Crippen molar-refractivity contribution in [3.05, 3.63) is 296 Å². The number of para-hydroxylation sites is 1. The number of fused-ring (bicyclic) bond motifs is 6. The Kier molecular flexibility index (Phi) is 10.4. The smallest absolute Gasteiger partial charge is 0.0540 e. The fraction of sp³-hybridized carbons (Fsp3) is 0.0286. The van der Waals surface area contributed by atoms with Gasteiger partial charge in [0, 0.05) is 16.7 Å². The van der Waals surface area contributed by atoms with Crippen molar-refractivity contribution in [3.63, 3.8) is 0 Å². The maximum atomic E-state index is 2.56. The molecule has 1 aliphatic carbocycles. The van der Waals surface area contributed by atoms with Crippen LogP contribution in [0.1, 0.15) is 23.6 Å². The molecule has 0 radical (unpaired) electrons. The number of benzene rings is 12. The number of hydrogen-bond acceptors (Lipinski definition) is 1.